The third kappa shape index (κ3) is 4.15. The number of H-pyrrole nitrogens is 1. The van der Waals surface area contributed by atoms with Crippen molar-refractivity contribution in [1.29, 1.82) is 0 Å². The minimum absolute atomic E-state index is 0.149. The number of benzene rings is 2. The highest BCUT2D eigenvalue weighted by Gasteiger charge is 2.14. The maximum atomic E-state index is 12.0. The zero-order chi connectivity index (χ0) is 18.5. The van der Waals surface area contributed by atoms with Crippen molar-refractivity contribution >= 4 is 34.5 Å². The van der Waals surface area contributed by atoms with E-state index in [-0.39, 0.29) is 23.2 Å². The first kappa shape index (κ1) is 17.8. The first-order valence-electron chi connectivity index (χ1n) is 7.79. The highest BCUT2D eigenvalue weighted by Crippen LogP contribution is 2.24. The van der Waals surface area contributed by atoms with E-state index in [1.807, 2.05) is 24.3 Å². The molecule has 0 spiro atoms. The summed E-state index contributed by atoms with van der Waals surface area (Å²) >= 11 is 1.24. The van der Waals surface area contributed by atoms with E-state index in [9.17, 15) is 9.90 Å². The lowest BCUT2D eigenvalue weighted by molar-refractivity contribution is -0.411. The molecule has 134 valence electrons. The predicted molar refractivity (Wildman–Crippen MR) is 96.3 cm³/mol. The molecule has 2 N–H and O–H groups in total. The second-order valence-electron chi connectivity index (χ2n) is 5.40. The van der Waals surface area contributed by atoms with E-state index >= 15 is 0 Å². The Morgan fingerprint density at radius 3 is 2.92 bits per heavy atom. The zero-order valence-electron chi connectivity index (χ0n) is 14.2. The molecule has 0 aliphatic rings. The van der Waals surface area contributed by atoms with Crippen molar-refractivity contribution < 1.29 is 24.0 Å². The molecule has 1 heterocycles. The van der Waals surface area contributed by atoms with Crippen molar-refractivity contribution in [2.24, 2.45) is 5.10 Å². The van der Waals surface area contributed by atoms with Crippen LogP contribution >= 0.6 is 11.8 Å². The number of fused-ring (bicyclic) bond motifs is 1. The first-order chi connectivity index (χ1) is 12.6. The lowest BCUT2D eigenvalue weighted by Crippen LogP contribution is -2.21. The Bertz CT molecular complexity index is 935. The summed E-state index contributed by atoms with van der Waals surface area (Å²) in [4.78, 5) is 15.1. The summed E-state index contributed by atoms with van der Waals surface area (Å²) in [5.74, 6) is -0.0860. The van der Waals surface area contributed by atoms with Gasteiger partial charge in [-0.2, -0.15) is 10.1 Å². The molecule has 7 nitrogen and oxygen atoms in total. The van der Waals surface area contributed by atoms with E-state index in [0.717, 1.165) is 11.1 Å². The number of oxazole rings is 1. The number of rotatable bonds is 6. The van der Waals surface area contributed by atoms with Gasteiger partial charge >= 0.3 is 5.22 Å². The molecule has 0 atom stereocenters. The second kappa shape index (κ2) is 7.92. The Morgan fingerprint density at radius 1 is 1.35 bits per heavy atom. The van der Waals surface area contributed by atoms with E-state index in [4.69, 9.17) is 9.15 Å². The fourth-order valence-corrected chi connectivity index (χ4v) is 2.88. The molecular formula is C18H17N3O4S. The topological polar surface area (TPSA) is 101 Å². The van der Waals surface area contributed by atoms with E-state index < -0.39 is 0 Å². The van der Waals surface area contributed by atoms with Gasteiger partial charge in [0.15, 0.2) is 0 Å². The molecule has 3 aromatic rings. The summed E-state index contributed by atoms with van der Waals surface area (Å²) in [6.45, 7) is 1.74. The fourth-order valence-electron chi connectivity index (χ4n) is 2.23. The van der Waals surface area contributed by atoms with Crippen LogP contribution in [0, 0.1) is 0 Å². The minimum atomic E-state index is -0.268. The average molecular weight is 371 g/mol. The number of hydrogen-bond acceptors (Lipinski definition) is 6. The first-order valence-corrected chi connectivity index (χ1v) is 8.77. The van der Waals surface area contributed by atoms with Gasteiger partial charge in [-0.25, -0.2) is 5.43 Å². The van der Waals surface area contributed by atoms with Crippen molar-refractivity contribution in [3.63, 3.8) is 0 Å². The Kier molecular flexibility index (Phi) is 5.43. The second-order valence-corrected chi connectivity index (χ2v) is 6.35. The molecule has 0 fully saturated rings. The van der Waals surface area contributed by atoms with Gasteiger partial charge in [-0.3, -0.25) is 4.79 Å². The molecule has 8 heteroatoms. The Morgan fingerprint density at radius 2 is 2.15 bits per heavy atom. The summed E-state index contributed by atoms with van der Waals surface area (Å²) in [7, 11) is 1.43. The van der Waals surface area contributed by atoms with Gasteiger partial charge < -0.3 is 14.3 Å². The summed E-state index contributed by atoms with van der Waals surface area (Å²) in [5, 5.41) is 16.1. The molecular weight excluding hydrogens is 354 g/mol. The maximum Gasteiger partial charge on any atom is 0.411 e. The average Bonchev–Trinajstić information content (AvgIpc) is 3.07. The van der Waals surface area contributed by atoms with Crippen molar-refractivity contribution in [3.05, 3.63) is 48.0 Å². The van der Waals surface area contributed by atoms with Crippen LogP contribution < -0.4 is 20.3 Å². The number of nitrogens with zero attached hydrogens (tertiary/aromatic N) is 1. The van der Waals surface area contributed by atoms with Crippen molar-refractivity contribution in [3.8, 4) is 11.5 Å². The molecule has 0 bridgehead atoms. The number of hydrogen-bond donors (Lipinski definition) is 1. The molecule has 1 amide bonds. The Labute approximate surface area is 154 Å². The number of ether oxygens (including phenoxy) is 1. The van der Waals surface area contributed by atoms with E-state index in [2.05, 4.69) is 15.5 Å². The number of carbonyl (C=O) groups is 1. The highest BCUT2D eigenvalue weighted by molar-refractivity contribution is 7.99. The molecule has 1 aromatic heterocycles. The monoisotopic (exact) mass is 371 g/mol. The van der Waals surface area contributed by atoms with Crippen molar-refractivity contribution in [1.82, 2.24) is 5.43 Å². The van der Waals surface area contributed by atoms with Crippen LogP contribution in [0.4, 0.5) is 0 Å². The molecule has 26 heavy (non-hydrogen) atoms. The number of aromatic amines is 1. The number of hydrazone groups is 1. The van der Waals surface area contributed by atoms with Gasteiger partial charge in [-0.15, -0.1) is 0 Å². The maximum absolute atomic E-state index is 12.0. The SMILES string of the molecule is COc1cc(/C(C)=N\NC(=O)CSc2[nH+]c3ccccc3o2)ccc1[O-]. The number of thioether (sulfide) groups is 1. The van der Waals surface area contributed by atoms with Gasteiger partial charge in [-0.05, 0) is 30.8 Å². The highest BCUT2D eigenvalue weighted by atomic mass is 32.2. The molecule has 0 saturated heterocycles. The van der Waals surface area contributed by atoms with Crippen LogP contribution in [-0.2, 0) is 4.79 Å². The number of methoxy groups -OCH3 is 1. The molecule has 0 aliphatic heterocycles. The lowest BCUT2D eigenvalue weighted by atomic mass is 10.1. The van der Waals surface area contributed by atoms with E-state index in [1.165, 1.54) is 24.9 Å². The molecule has 0 unspecified atom stereocenters. The van der Waals surface area contributed by atoms with Gasteiger partial charge in [0.1, 0.15) is 5.75 Å². The third-order valence-corrected chi connectivity index (χ3v) is 4.44. The number of carbonyl (C=O) groups excluding carboxylic acids is 1. The number of para-hydroxylation sites is 2. The number of nitrogens with one attached hydrogen (secondary N) is 2. The van der Waals surface area contributed by atoms with Gasteiger partial charge in [0.05, 0.1) is 18.6 Å². The van der Waals surface area contributed by atoms with Crippen LogP contribution in [0.5, 0.6) is 11.5 Å². The van der Waals surface area contributed by atoms with E-state index in [1.54, 1.807) is 19.1 Å². The summed E-state index contributed by atoms with van der Waals surface area (Å²) in [6, 6.07) is 12.2. The fraction of sp³-hybridized carbons (Fsp3) is 0.167. The molecule has 0 saturated carbocycles. The van der Waals surface area contributed by atoms with Crippen LogP contribution in [0.25, 0.3) is 11.1 Å². The molecule has 0 radical (unpaired) electrons. The van der Waals surface area contributed by atoms with Gasteiger partial charge in [0, 0.05) is 11.6 Å². The van der Waals surface area contributed by atoms with Gasteiger partial charge in [-0.1, -0.05) is 30.0 Å². The zero-order valence-corrected chi connectivity index (χ0v) is 15.1. The van der Waals surface area contributed by atoms with E-state index in [0.29, 0.717) is 16.5 Å². The van der Waals surface area contributed by atoms with Crippen LogP contribution in [0.1, 0.15) is 12.5 Å². The van der Waals surface area contributed by atoms with Crippen LogP contribution in [0.3, 0.4) is 0 Å². The largest absolute Gasteiger partial charge is 0.870 e. The smallest absolute Gasteiger partial charge is 0.411 e. The Balaban J connectivity index is 1.58. The van der Waals surface area contributed by atoms with Crippen LogP contribution in [-0.4, -0.2) is 24.5 Å². The quantitative estimate of drug-likeness (QED) is 0.405. The predicted octanol–water partition coefficient (Wildman–Crippen LogP) is 1.96. The van der Waals surface area contributed by atoms with Crippen molar-refractivity contribution in [2.45, 2.75) is 12.1 Å². The number of aromatic nitrogens is 1. The minimum Gasteiger partial charge on any atom is -0.870 e. The van der Waals surface area contributed by atoms with Crippen molar-refractivity contribution in [2.75, 3.05) is 12.9 Å². The van der Waals surface area contributed by atoms with Crippen LogP contribution in [0.15, 0.2) is 57.2 Å². The molecule has 2 aromatic carbocycles. The third-order valence-electron chi connectivity index (χ3n) is 3.59. The summed E-state index contributed by atoms with van der Waals surface area (Å²) < 4.78 is 10.6. The standard InChI is InChI=1S/C18H17N3O4S/c1-11(12-7-8-14(22)16(9-12)24-2)20-21-17(23)10-26-18-19-13-5-3-4-6-15(13)25-18/h3-9,22H,10H2,1-2H3,(H,21,23)/b20-11-. The molecule has 0 aliphatic carbocycles. The normalized spacial score (nSPS) is 11.5. The summed E-state index contributed by atoms with van der Waals surface area (Å²) in [6.07, 6.45) is 0. The Hall–Kier alpha value is -3.00. The van der Waals surface area contributed by atoms with Crippen LogP contribution in [0.2, 0.25) is 0 Å². The van der Waals surface area contributed by atoms with Gasteiger partial charge in [0.25, 0.3) is 5.91 Å². The number of amides is 1. The van der Waals surface area contributed by atoms with Gasteiger partial charge in [0.2, 0.25) is 11.1 Å². The summed E-state index contributed by atoms with van der Waals surface area (Å²) in [5.41, 5.74) is 5.36. The lowest BCUT2D eigenvalue weighted by Gasteiger charge is -2.13. The molecule has 3 rings (SSSR count).